The molecule has 96 valence electrons. The molecule has 2 rings (SSSR count). The molecule has 0 aliphatic carbocycles. The molecule has 0 spiro atoms. The third-order valence-corrected chi connectivity index (χ3v) is 2.65. The highest BCUT2D eigenvalue weighted by atomic mass is 35.5. The number of methoxy groups -OCH3 is 1. The van der Waals surface area contributed by atoms with Crippen molar-refractivity contribution in [2.45, 2.75) is 0 Å². The van der Waals surface area contributed by atoms with Crippen molar-refractivity contribution in [3.05, 3.63) is 55.8 Å². The Balaban J connectivity index is 2.77. The van der Waals surface area contributed by atoms with Crippen molar-refractivity contribution >= 4 is 11.6 Å². The first kappa shape index (κ1) is 12.9. The molecule has 0 saturated heterocycles. The van der Waals surface area contributed by atoms with E-state index in [2.05, 4.69) is 4.98 Å². The number of halogens is 1. The smallest absolute Gasteiger partial charge is 0.334 e. The zero-order valence-electron chi connectivity index (χ0n) is 9.81. The van der Waals surface area contributed by atoms with E-state index in [0.29, 0.717) is 5.56 Å². The molecule has 1 heterocycles. The molecule has 0 amide bonds. The summed E-state index contributed by atoms with van der Waals surface area (Å²) in [6, 6.07) is 7.41. The van der Waals surface area contributed by atoms with Crippen LogP contribution in [0.25, 0.3) is 5.69 Å². The van der Waals surface area contributed by atoms with Crippen LogP contribution in [-0.4, -0.2) is 16.7 Å². The first-order valence-electron chi connectivity index (χ1n) is 5.17. The van der Waals surface area contributed by atoms with Crippen LogP contribution in [-0.2, 0) is 0 Å². The van der Waals surface area contributed by atoms with Gasteiger partial charge in [-0.1, -0.05) is 11.6 Å². The molecule has 0 bridgehead atoms. The van der Waals surface area contributed by atoms with Gasteiger partial charge >= 0.3 is 5.69 Å². The topological polar surface area (TPSA) is 87.9 Å². The van der Waals surface area contributed by atoms with Crippen molar-refractivity contribution in [2.24, 2.45) is 0 Å². The van der Waals surface area contributed by atoms with Crippen LogP contribution in [0.4, 0.5) is 0 Å². The molecule has 2 aromatic rings. The maximum Gasteiger partial charge on any atom is 0.334 e. The highest BCUT2D eigenvalue weighted by Gasteiger charge is 2.11. The summed E-state index contributed by atoms with van der Waals surface area (Å²) in [6.45, 7) is 0. The highest BCUT2D eigenvalue weighted by molar-refractivity contribution is 6.29. The second-order valence-electron chi connectivity index (χ2n) is 3.59. The number of aromatic nitrogens is 2. The van der Waals surface area contributed by atoms with E-state index in [1.54, 1.807) is 0 Å². The van der Waals surface area contributed by atoms with E-state index in [4.69, 9.17) is 21.6 Å². The lowest BCUT2D eigenvalue weighted by molar-refractivity contribution is 0.412. The number of rotatable bonds is 2. The number of nitriles is 1. The van der Waals surface area contributed by atoms with E-state index in [9.17, 15) is 9.59 Å². The molecular weight excluding hydrogens is 270 g/mol. The third-order valence-electron chi connectivity index (χ3n) is 2.45. The summed E-state index contributed by atoms with van der Waals surface area (Å²) in [5.41, 5.74) is -0.666. The Morgan fingerprint density at radius 1 is 1.37 bits per heavy atom. The van der Waals surface area contributed by atoms with Crippen LogP contribution in [0.1, 0.15) is 5.56 Å². The molecular formula is C12H8ClN3O3. The van der Waals surface area contributed by atoms with Gasteiger partial charge in [0, 0.05) is 12.1 Å². The van der Waals surface area contributed by atoms with Gasteiger partial charge in [0.25, 0.3) is 5.56 Å². The molecule has 1 N–H and O–H groups in total. The maximum absolute atomic E-state index is 11.8. The summed E-state index contributed by atoms with van der Waals surface area (Å²) in [7, 11) is 1.38. The summed E-state index contributed by atoms with van der Waals surface area (Å²) >= 11 is 5.59. The van der Waals surface area contributed by atoms with Crippen LogP contribution in [0.3, 0.4) is 0 Å². The highest BCUT2D eigenvalue weighted by Crippen LogP contribution is 2.21. The van der Waals surface area contributed by atoms with E-state index in [1.165, 1.54) is 25.3 Å². The van der Waals surface area contributed by atoms with E-state index < -0.39 is 11.2 Å². The van der Waals surface area contributed by atoms with Crippen LogP contribution in [0.2, 0.25) is 5.15 Å². The number of nitrogens with zero attached hydrogens (tertiary/aromatic N) is 2. The van der Waals surface area contributed by atoms with Gasteiger partial charge in [0.05, 0.1) is 24.4 Å². The van der Waals surface area contributed by atoms with Crippen molar-refractivity contribution in [1.29, 1.82) is 5.26 Å². The van der Waals surface area contributed by atoms with Crippen molar-refractivity contribution < 1.29 is 4.74 Å². The average molecular weight is 278 g/mol. The molecule has 19 heavy (non-hydrogen) atoms. The van der Waals surface area contributed by atoms with Crippen molar-refractivity contribution in [2.75, 3.05) is 7.11 Å². The Morgan fingerprint density at radius 2 is 2.11 bits per heavy atom. The number of nitrogens with one attached hydrogen (secondary N) is 1. The predicted octanol–water partition coefficient (Wildman–Crippen LogP) is 1.06. The molecule has 1 aromatic heterocycles. The molecule has 0 unspecified atom stereocenters. The maximum atomic E-state index is 11.8. The zero-order chi connectivity index (χ0) is 14.0. The minimum Gasteiger partial charge on any atom is -0.495 e. The van der Waals surface area contributed by atoms with Gasteiger partial charge in [-0.3, -0.25) is 9.78 Å². The Labute approximate surface area is 112 Å². The summed E-state index contributed by atoms with van der Waals surface area (Å²) in [4.78, 5) is 25.9. The lowest BCUT2D eigenvalue weighted by atomic mass is 10.2. The second-order valence-corrected chi connectivity index (χ2v) is 4.00. The largest absolute Gasteiger partial charge is 0.495 e. The van der Waals surface area contributed by atoms with Crippen LogP contribution < -0.4 is 16.0 Å². The molecule has 0 aliphatic heterocycles. The summed E-state index contributed by atoms with van der Waals surface area (Å²) in [6.07, 6.45) is 0. The van der Waals surface area contributed by atoms with Gasteiger partial charge in [0.2, 0.25) is 0 Å². The van der Waals surface area contributed by atoms with Gasteiger partial charge in [-0.2, -0.15) is 5.26 Å². The van der Waals surface area contributed by atoms with Crippen molar-refractivity contribution in [1.82, 2.24) is 9.55 Å². The first-order chi connectivity index (χ1) is 9.06. The second kappa shape index (κ2) is 5.00. The van der Waals surface area contributed by atoms with Gasteiger partial charge < -0.3 is 4.74 Å². The molecule has 7 heteroatoms. The molecule has 1 aromatic carbocycles. The van der Waals surface area contributed by atoms with Gasteiger partial charge in [-0.05, 0) is 12.1 Å². The number of ether oxygens (including phenoxy) is 1. The number of H-pyrrole nitrogens is 1. The fourth-order valence-corrected chi connectivity index (χ4v) is 1.80. The number of benzene rings is 1. The zero-order valence-corrected chi connectivity index (χ0v) is 10.6. The van der Waals surface area contributed by atoms with Crippen LogP contribution in [0, 0.1) is 11.3 Å². The lowest BCUT2D eigenvalue weighted by Crippen LogP contribution is -2.33. The van der Waals surface area contributed by atoms with Gasteiger partial charge in [0.1, 0.15) is 10.9 Å². The molecule has 0 atom stereocenters. The third kappa shape index (κ3) is 2.37. The van der Waals surface area contributed by atoms with Crippen molar-refractivity contribution in [3.63, 3.8) is 0 Å². The van der Waals surface area contributed by atoms with E-state index >= 15 is 0 Å². The molecule has 0 aliphatic rings. The summed E-state index contributed by atoms with van der Waals surface area (Å²) in [5.74, 6) is 0.244. The summed E-state index contributed by atoms with van der Waals surface area (Å²) < 4.78 is 5.97. The Morgan fingerprint density at radius 3 is 2.68 bits per heavy atom. The van der Waals surface area contributed by atoms with Crippen molar-refractivity contribution in [3.8, 4) is 17.5 Å². The first-order valence-corrected chi connectivity index (χ1v) is 5.55. The fraction of sp³-hybridized carbons (Fsp3) is 0.0833. The van der Waals surface area contributed by atoms with E-state index in [0.717, 1.165) is 10.6 Å². The number of hydrogen-bond donors (Lipinski definition) is 1. The number of hydrogen-bond acceptors (Lipinski definition) is 4. The molecule has 0 saturated carbocycles. The lowest BCUT2D eigenvalue weighted by Gasteiger charge is -2.10. The summed E-state index contributed by atoms with van der Waals surface area (Å²) in [5, 5.41) is 8.76. The van der Waals surface area contributed by atoms with E-state index in [-0.39, 0.29) is 16.6 Å². The normalized spacial score (nSPS) is 9.95. The minimum absolute atomic E-state index is 0.0427. The monoisotopic (exact) mass is 277 g/mol. The minimum atomic E-state index is -0.680. The number of aromatic amines is 1. The van der Waals surface area contributed by atoms with Crippen LogP contribution >= 0.6 is 11.6 Å². The standard InChI is InChI=1S/C12H8ClN3O3/c1-19-9-4-7(6-14)2-3-8(9)16-11(17)5-10(13)15-12(16)18/h2-5H,1H3,(H,15,18). The Hall–Kier alpha value is -2.52. The quantitative estimate of drug-likeness (QED) is 0.831. The van der Waals surface area contributed by atoms with Crippen LogP contribution in [0.15, 0.2) is 33.9 Å². The average Bonchev–Trinajstić information content (AvgIpc) is 2.37. The molecule has 6 nitrogen and oxygen atoms in total. The predicted molar refractivity (Wildman–Crippen MR) is 68.9 cm³/mol. The SMILES string of the molecule is COc1cc(C#N)ccc1-n1c(=O)cc(Cl)[nH]c1=O. The van der Waals surface area contributed by atoms with E-state index in [1.807, 2.05) is 6.07 Å². The fourth-order valence-electron chi connectivity index (χ4n) is 1.63. The molecule has 0 radical (unpaired) electrons. The van der Waals surface area contributed by atoms with Gasteiger partial charge in [-0.15, -0.1) is 0 Å². The van der Waals surface area contributed by atoms with Gasteiger partial charge in [0.15, 0.2) is 0 Å². The van der Waals surface area contributed by atoms with Gasteiger partial charge in [-0.25, -0.2) is 9.36 Å². The Bertz CT molecular complexity index is 755. The Kier molecular flexibility index (Phi) is 3.40. The molecule has 0 fully saturated rings. The van der Waals surface area contributed by atoms with Crippen LogP contribution in [0.5, 0.6) is 5.75 Å².